The molecule has 0 saturated heterocycles. The molecule has 1 aliphatic carbocycles. The third kappa shape index (κ3) is 1.71. The predicted octanol–water partition coefficient (Wildman–Crippen LogP) is 1.34. The number of carbonyl (C=O) groups is 2. The van der Waals surface area contributed by atoms with Gasteiger partial charge in [0.1, 0.15) is 0 Å². The van der Waals surface area contributed by atoms with Crippen LogP contribution in [0.25, 0.3) is 0 Å². The van der Waals surface area contributed by atoms with Crippen LogP contribution in [0.4, 0.5) is 0 Å². The molecule has 4 heteroatoms. The van der Waals surface area contributed by atoms with E-state index in [1.54, 1.807) is 0 Å². The van der Waals surface area contributed by atoms with Crippen LogP contribution in [0, 0.1) is 5.92 Å². The monoisotopic (exact) mass is 219 g/mol. The average Bonchev–Trinajstić information content (AvgIpc) is 2.15. The molecule has 4 nitrogen and oxygen atoms in total. The van der Waals surface area contributed by atoms with E-state index in [4.69, 9.17) is 0 Å². The number of aromatic amines is 1. The summed E-state index contributed by atoms with van der Waals surface area (Å²) < 4.78 is 0. The molecular weight excluding hydrogens is 206 g/mol. The Morgan fingerprint density at radius 2 is 2.06 bits per heavy atom. The maximum atomic E-state index is 11.7. The number of Topliss-reactive ketones (excluding diaryl/α,β-unsaturated/α-hetero) is 2. The third-order valence-electron chi connectivity index (χ3n) is 2.89. The molecule has 0 spiro atoms. The highest BCUT2D eigenvalue weighted by molar-refractivity contribution is 6.01. The van der Waals surface area contributed by atoms with Crippen molar-refractivity contribution in [3.8, 4) is 0 Å². The molecule has 0 amide bonds. The van der Waals surface area contributed by atoms with Crippen molar-refractivity contribution in [3.05, 3.63) is 33.2 Å². The third-order valence-corrected chi connectivity index (χ3v) is 2.89. The molecule has 0 bridgehead atoms. The maximum absolute atomic E-state index is 11.7. The van der Waals surface area contributed by atoms with Gasteiger partial charge in [-0.15, -0.1) is 0 Å². The highest BCUT2D eigenvalue weighted by Crippen LogP contribution is 2.23. The van der Waals surface area contributed by atoms with Crippen molar-refractivity contribution in [1.82, 2.24) is 4.98 Å². The van der Waals surface area contributed by atoms with Gasteiger partial charge in [-0.25, -0.2) is 0 Å². The number of hydrogen-bond acceptors (Lipinski definition) is 3. The van der Waals surface area contributed by atoms with Gasteiger partial charge in [0.05, 0.1) is 5.56 Å². The summed E-state index contributed by atoms with van der Waals surface area (Å²) in [5.74, 6) is -0.0539. The summed E-state index contributed by atoms with van der Waals surface area (Å²) in [6, 6.07) is 1.44. The van der Waals surface area contributed by atoms with E-state index in [-0.39, 0.29) is 23.0 Å². The largest absolute Gasteiger partial charge is 0.325 e. The van der Waals surface area contributed by atoms with Crippen molar-refractivity contribution in [2.45, 2.75) is 26.7 Å². The van der Waals surface area contributed by atoms with E-state index in [0.29, 0.717) is 24.1 Å². The van der Waals surface area contributed by atoms with Gasteiger partial charge in [-0.2, -0.15) is 0 Å². The first-order chi connectivity index (χ1) is 7.49. The van der Waals surface area contributed by atoms with Gasteiger partial charge >= 0.3 is 0 Å². The zero-order valence-corrected chi connectivity index (χ0v) is 9.29. The van der Waals surface area contributed by atoms with Crippen molar-refractivity contribution in [3.63, 3.8) is 0 Å². The first-order valence-corrected chi connectivity index (χ1v) is 5.29. The Kier molecular flexibility index (Phi) is 2.50. The van der Waals surface area contributed by atoms with E-state index >= 15 is 0 Å². The second-order valence-corrected chi connectivity index (χ2v) is 4.40. The van der Waals surface area contributed by atoms with E-state index in [9.17, 15) is 14.4 Å². The molecule has 0 aliphatic heterocycles. The standard InChI is InChI=1S/C12H13NO3/c1-6-3-10-9(11(15)4-6)5-8(7(2)14)12(16)13-10/h5-6H,3-4H2,1-2H3,(H,13,16). The van der Waals surface area contributed by atoms with E-state index in [0.717, 1.165) is 0 Å². The summed E-state index contributed by atoms with van der Waals surface area (Å²) >= 11 is 0. The van der Waals surface area contributed by atoms with E-state index in [1.807, 2.05) is 6.92 Å². The van der Waals surface area contributed by atoms with E-state index < -0.39 is 5.56 Å². The summed E-state index contributed by atoms with van der Waals surface area (Å²) in [6.45, 7) is 3.30. The summed E-state index contributed by atoms with van der Waals surface area (Å²) in [5, 5.41) is 0. The van der Waals surface area contributed by atoms with Gasteiger partial charge in [-0.1, -0.05) is 6.92 Å². The second-order valence-electron chi connectivity index (χ2n) is 4.40. The molecule has 1 aromatic rings. The predicted molar refractivity (Wildman–Crippen MR) is 58.9 cm³/mol. The molecule has 0 fully saturated rings. The van der Waals surface area contributed by atoms with Gasteiger partial charge in [0.2, 0.25) is 0 Å². The summed E-state index contributed by atoms with van der Waals surface area (Å²) in [4.78, 5) is 37.1. The van der Waals surface area contributed by atoms with Crippen LogP contribution in [0.1, 0.15) is 46.7 Å². The normalized spacial score (nSPS) is 19.4. The molecule has 1 atom stereocenters. The Labute approximate surface area is 92.7 Å². The number of fused-ring (bicyclic) bond motifs is 1. The lowest BCUT2D eigenvalue weighted by Crippen LogP contribution is -2.26. The maximum Gasteiger partial charge on any atom is 0.259 e. The average molecular weight is 219 g/mol. The van der Waals surface area contributed by atoms with Crippen LogP contribution in [0.2, 0.25) is 0 Å². The first-order valence-electron chi connectivity index (χ1n) is 5.29. The van der Waals surface area contributed by atoms with Crippen molar-refractivity contribution in [2.24, 2.45) is 5.92 Å². The topological polar surface area (TPSA) is 67.0 Å². The number of aromatic nitrogens is 1. The zero-order chi connectivity index (χ0) is 11.9. The lowest BCUT2D eigenvalue weighted by molar-refractivity contribution is 0.0952. The fourth-order valence-electron chi connectivity index (χ4n) is 2.09. The number of ketones is 2. The molecule has 0 saturated carbocycles. The lowest BCUT2D eigenvalue weighted by Gasteiger charge is -2.19. The Morgan fingerprint density at radius 1 is 1.38 bits per heavy atom. The Hall–Kier alpha value is -1.71. The molecule has 1 unspecified atom stereocenters. The number of pyridine rings is 1. The number of nitrogens with one attached hydrogen (secondary N) is 1. The van der Waals surface area contributed by atoms with Crippen LogP contribution < -0.4 is 5.56 Å². The van der Waals surface area contributed by atoms with Gasteiger partial charge in [0.25, 0.3) is 5.56 Å². The second kappa shape index (κ2) is 3.70. The summed E-state index contributed by atoms with van der Waals surface area (Å²) in [5.41, 5.74) is 0.844. The Morgan fingerprint density at radius 3 is 2.69 bits per heavy atom. The number of rotatable bonds is 1. The van der Waals surface area contributed by atoms with Crippen molar-refractivity contribution in [2.75, 3.05) is 0 Å². The molecule has 0 aromatic carbocycles. The van der Waals surface area contributed by atoms with Gasteiger partial charge in [0, 0.05) is 17.7 Å². The molecule has 1 heterocycles. The molecule has 84 valence electrons. The molecule has 16 heavy (non-hydrogen) atoms. The smallest absolute Gasteiger partial charge is 0.259 e. The number of carbonyl (C=O) groups excluding carboxylic acids is 2. The van der Waals surface area contributed by atoms with Gasteiger partial charge in [-0.3, -0.25) is 14.4 Å². The Balaban J connectivity index is 2.62. The van der Waals surface area contributed by atoms with Crippen LogP contribution in [0.3, 0.4) is 0 Å². The zero-order valence-electron chi connectivity index (χ0n) is 9.29. The van der Waals surface area contributed by atoms with Gasteiger partial charge in [-0.05, 0) is 25.3 Å². The highest BCUT2D eigenvalue weighted by Gasteiger charge is 2.24. The molecule has 1 aliphatic rings. The van der Waals surface area contributed by atoms with Gasteiger partial charge < -0.3 is 4.98 Å². The summed E-state index contributed by atoms with van der Waals surface area (Å²) in [6.07, 6.45) is 1.17. The molecular formula is C12H13NO3. The molecule has 2 rings (SSSR count). The quantitative estimate of drug-likeness (QED) is 0.725. The minimum atomic E-state index is -0.395. The van der Waals surface area contributed by atoms with Crippen molar-refractivity contribution < 1.29 is 9.59 Å². The molecule has 1 aromatic heterocycles. The van der Waals surface area contributed by atoms with Gasteiger partial charge in [0.15, 0.2) is 11.6 Å². The minimum Gasteiger partial charge on any atom is -0.325 e. The van der Waals surface area contributed by atoms with E-state index in [2.05, 4.69) is 4.98 Å². The number of H-pyrrole nitrogens is 1. The van der Waals surface area contributed by atoms with Crippen LogP contribution >= 0.6 is 0 Å². The minimum absolute atomic E-state index is 0.00694. The van der Waals surface area contributed by atoms with Crippen LogP contribution in [-0.2, 0) is 6.42 Å². The lowest BCUT2D eigenvalue weighted by atomic mass is 9.86. The van der Waals surface area contributed by atoms with Crippen LogP contribution in [-0.4, -0.2) is 16.6 Å². The number of hydrogen-bond donors (Lipinski definition) is 1. The van der Waals surface area contributed by atoms with Crippen molar-refractivity contribution in [1.29, 1.82) is 0 Å². The first kappa shape index (κ1) is 10.8. The highest BCUT2D eigenvalue weighted by atomic mass is 16.1. The SMILES string of the molecule is CC(=O)c1cc2c([nH]c1=O)CC(C)CC2=O. The fraction of sp³-hybridized carbons (Fsp3) is 0.417. The van der Waals surface area contributed by atoms with Crippen LogP contribution in [0.15, 0.2) is 10.9 Å². The molecule has 0 radical (unpaired) electrons. The Bertz CT molecular complexity index is 528. The molecule has 1 N–H and O–H groups in total. The fourth-order valence-corrected chi connectivity index (χ4v) is 2.09. The van der Waals surface area contributed by atoms with Crippen molar-refractivity contribution >= 4 is 11.6 Å². The van der Waals surface area contributed by atoms with E-state index in [1.165, 1.54) is 13.0 Å². The van der Waals surface area contributed by atoms with Crippen LogP contribution in [0.5, 0.6) is 0 Å². The summed E-state index contributed by atoms with van der Waals surface area (Å²) in [7, 11) is 0.